The van der Waals surface area contributed by atoms with Crippen LogP contribution in [0.25, 0.3) is 5.57 Å². The van der Waals surface area contributed by atoms with Crippen molar-refractivity contribution < 1.29 is 9.53 Å². The summed E-state index contributed by atoms with van der Waals surface area (Å²) in [4.78, 5) is 16.2. The van der Waals surface area contributed by atoms with E-state index in [2.05, 4.69) is 51.2 Å². The van der Waals surface area contributed by atoms with Crippen LogP contribution < -0.4 is 4.90 Å². The van der Waals surface area contributed by atoms with Crippen molar-refractivity contribution in [2.75, 3.05) is 12.0 Å². The number of methoxy groups -OCH3 is 1. The van der Waals surface area contributed by atoms with Crippen LogP contribution in [0, 0.1) is 0 Å². The molecule has 0 aliphatic carbocycles. The van der Waals surface area contributed by atoms with Crippen LogP contribution in [0.5, 0.6) is 0 Å². The van der Waals surface area contributed by atoms with Crippen molar-refractivity contribution >= 4 is 33.2 Å². The van der Waals surface area contributed by atoms with Crippen LogP contribution in [0.3, 0.4) is 0 Å². The van der Waals surface area contributed by atoms with Crippen molar-refractivity contribution in [1.82, 2.24) is 0 Å². The van der Waals surface area contributed by atoms with Gasteiger partial charge < -0.3 is 9.64 Å². The van der Waals surface area contributed by atoms with E-state index in [9.17, 15) is 4.79 Å². The Balaban J connectivity index is 1.87. The van der Waals surface area contributed by atoms with Crippen LogP contribution in [-0.4, -0.2) is 13.1 Å². The first-order chi connectivity index (χ1) is 16.7. The molecule has 0 spiro atoms. The van der Waals surface area contributed by atoms with Gasteiger partial charge in [0, 0.05) is 10.2 Å². The predicted octanol–water partition coefficient (Wildman–Crippen LogP) is 7.16. The molecule has 0 fully saturated rings. The third-order valence-corrected chi connectivity index (χ3v) is 6.89. The Morgan fingerprint density at radius 1 is 0.794 bits per heavy atom. The maximum absolute atomic E-state index is 14.0. The average Bonchev–Trinajstić information content (AvgIpc) is 3.27. The van der Waals surface area contributed by atoms with Gasteiger partial charge in [0.2, 0.25) is 0 Å². The highest BCUT2D eigenvalue weighted by molar-refractivity contribution is 9.10. The van der Waals surface area contributed by atoms with Gasteiger partial charge in [-0.2, -0.15) is 0 Å². The van der Waals surface area contributed by atoms with Gasteiger partial charge in [-0.25, -0.2) is 4.79 Å². The molecule has 34 heavy (non-hydrogen) atoms. The predicted molar refractivity (Wildman–Crippen MR) is 140 cm³/mol. The SMILES string of the molecule is COC(=O)C1(c2ccc(Br)cc2)C(c2ccccc2)=CC(c2ccccc2)N1c1ccccc1. The van der Waals surface area contributed by atoms with E-state index < -0.39 is 5.54 Å². The van der Waals surface area contributed by atoms with E-state index in [4.69, 9.17) is 4.74 Å². The summed E-state index contributed by atoms with van der Waals surface area (Å²) in [6, 6.07) is 38.3. The molecule has 0 saturated carbocycles. The van der Waals surface area contributed by atoms with Gasteiger partial charge >= 0.3 is 5.97 Å². The lowest BCUT2D eigenvalue weighted by molar-refractivity contribution is -0.145. The van der Waals surface area contributed by atoms with Crippen LogP contribution in [0.1, 0.15) is 22.7 Å². The number of anilines is 1. The molecule has 0 aromatic heterocycles. The van der Waals surface area contributed by atoms with Crippen molar-refractivity contribution in [3.63, 3.8) is 0 Å². The molecule has 2 atom stereocenters. The van der Waals surface area contributed by atoms with Crippen LogP contribution in [0.2, 0.25) is 0 Å². The summed E-state index contributed by atoms with van der Waals surface area (Å²) in [5.74, 6) is -0.327. The Hall–Kier alpha value is -3.63. The fourth-order valence-electron chi connectivity index (χ4n) is 4.91. The molecule has 4 aromatic carbocycles. The molecule has 0 amide bonds. The van der Waals surface area contributed by atoms with E-state index in [-0.39, 0.29) is 12.0 Å². The van der Waals surface area contributed by atoms with E-state index in [1.54, 1.807) is 0 Å². The number of nitrogens with zero attached hydrogens (tertiary/aromatic N) is 1. The topological polar surface area (TPSA) is 29.5 Å². The fourth-order valence-corrected chi connectivity index (χ4v) is 5.18. The third kappa shape index (κ3) is 3.64. The number of hydrogen-bond donors (Lipinski definition) is 0. The molecule has 0 bridgehead atoms. The summed E-state index contributed by atoms with van der Waals surface area (Å²) in [6.45, 7) is 0. The van der Waals surface area contributed by atoms with Gasteiger partial charge in [0.05, 0.1) is 13.2 Å². The van der Waals surface area contributed by atoms with Gasteiger partial charge in [0.25, 0.3) is 0 Å². The van der Waals surface area contributed by atoms with Crippen molar-refractivity contribution in [1.29, 1.82) is 0 Å². The van der Waals surface area contributed by atoms with Gasteiger partial charge in [-0.15, -0.1) is 0 Å². The second kappa shape index (κ2) is 9.32. The maximum atomic E-state index is 14.0. The van der Waals surface area contributed by atoms with Crippen molar-refractivity contribution in [2.45, 2.75) is 11.6 Å². The zero-order chi connectivity index (χ0) is 23.5. The summed E-state index contributed by atoms with van der Waals surface area (Å²) in [6.07, 6.45) is 2.20. The van der Waals surface area contributed by atoms with Crippen LogP contribution >= 0.6 is 15.9 Å². The number of benzene rings is 4. The average molecular weight is 510 g/mol. The lowest BCUT2D eigenvalue weighted by Gasteiger charge is -2.43. The Kier molecular flexibility index (Phi) is 6.08. The Morgan fingerprint density at radius 2 is 1.35 bits per heavy atom. The molecule has 1 heterocycles. The number of rotatable bonds is 5. The van der Waals surface area contributed by atoms with Crippen LogP contribution in [0.15, 0.2) is 126 Å². The van der Waals surface area contributed by atoms with Gasteiger partial charge in [-0.05, 0) is 46.5 Å². The zero-order valence-electron chi connectivity index (χ0n) is 18.8. The van der Waals surface area contributed by atoms with Gasteiger partial charge in [-0.1, -0.05) is 113 Å². The van der Waals surface area contributed by atoms with E-state index >= 15 is 0 Å². The lowest BCUT2D eigenvalue weighted by Crippen LogP contribution is -2.51. The van der Waals surface area contributed by atoms with Gasteiger partial charge in [0.1, 0.15) is 0 Å². The maximum Gasteiger partial charge on any atom is 0.341 e. The zero-order valence-corrected chi connectivity index (χ0v) is 20.4. The number of ether oxygens (including phenoxy) is 1. The second-order valence-electron chi connectivity index (χ2n) is 8.22. The molecule has 1 aliphatic heterocycles. The molecular weight excluding hydrogens is 486 g/mol. The van der Waals surface area contributed by atoms with E-state index in [1.165, 1.54) is 7.11 Å². The van der Waals surface area contributed by atoms with Crippen LogP contribution in [-0.2, 0) is 15.1 Å². The molecule has 0 N–H and O–H groups in total. The monoisotopic (exact) mass is 509 g/mol. The van der Waals surface area contributed by atoms with Gasteiger partial charge in [-0.3, -0.25) is 0 Å². The summed E-state index contributed by atoms with van der Waals surface area (Å²) in [5, 5.41) is 0. The van der Waals surface area contributed by atoms with E-state index in [1.807, 2.05) is 91.0 Å². The van der Waals surface area contributed by atoms with Crippen LogP contribution in [0.4, 0.5) is 5.69 Å². The first-order valence-corrected chi connectivity index (χ1v) is 12.0. The minimum Gasteiger partial charge on any atom is -0.467 e. The van der Waals surface area contributed by atoms with Crippen molar-refractivity contribution in [2.24, 2.45) is 0 Å². The first-order valence-electron chi connectivity index (χ1n) is 11.2. The Morgan fingerprint density at radius 3 is 1.94 bits per heavy atom. The highest BCUT2D eigenvalue weighted by atomic mass is 79.9. The summed E-state index contributed by atoms with van der Waals surface area (Å²) in [7, 11) is 1.46. The molecule has 2 unspecified atom stereocenters. The molecular formula is C30H24BrNO2. The smallest absolute Gasteiger partial charge is 0.341 e. The summed E-state index contributed by atoms with van der Waals surface area (Å²) >= 11 is 3.55. The van der Waals surface area contributed by atoms with Crippen molar-refractivity contribution in [3.8, 4) is 0 Å². The Labute approximate surface area is 208 Å². The molecule has 168 valence electrons. The van der Waals surface area contributed by atoms with Crippen molar-refractivity contribution in [3.05, 3.63) is 143 Å². The number of halogens is 1. The first kappa shape index (κ1) is 22.2. The quantitative estimate of drug-likeness (QED) is 0.267. The Bertz CT molecular complexity index is 1300. The fraction of sp³-hybridized carbons (Fsp3) is 0.100. The second-order valence-corrected chi connectivity index (χ2v) is 9.13. The molecule has 4 aromatic rings. The largest absolute Gasteiger partial charge is 0.467 e. The number of esters is 1. The molecule has 4 heteroatoms. The number of hydrogen-bond acceptors (Lipinski definition) is 3. The lowest BCUT2D eigenvalue weighted by atomic mass is 9.79. The number of carbonyl (C=O) groups is 1. The molecule has 3 nitrogen and oxygen atoms in total. The minimum atomic E-state index is -1.18. The van der Waals surface area contributed by atoms with E-state index in [0.29, 0.717) is 0 Å². The van der Waals surface area contributed by atoms with E-state index in [0.717, 1.165) is 32.4 Å². The molecule has 0 saturated heterocycles. The number of carbonyl (C=O) groups excluding carboxylic acids is 1. The number of para-hydroxylation sites is 1. The van der Waals surface area contributed by atoms with Gasteiger partial charge in [0.15, 0.2) is 5.54 Å². The highest BCUT2D eigenvalue weighted by Gasteiger charge is 2.56. The molecule has 5 rings (SSSR count). The minimum absolute atomic E-state index is 0.179. The third-order valence-electron chi connectivity index (χ3n) is 6.36. The highest BCUT2D eigenvalue weighted by Crippen LogP contribution is 2.54. The standard InChI is InChI=1S/C30H24BrNO2/c1-34-29(33)30(24-17-19-25(31)20-18-24)27(22-11-5-2-6-12-22)21-28(23-13-7-3-8-14-23)32(30)26-15-9-4-10-16-26/h2-21,28H,1H3. The molecule has 0 radical (unpaired) electrons. The summed E-state index contributed by atoms with van der Waals surface area (Å²) < 4.78 is 6.53. The summed E-state index contributed by atoms with van der Waals surface area (Å²) in [5.41, 5.74) is 3.59. The molecule has 1 aliphatic rings. The normalized spacial score (nSPS) is 19.5.